The van der Waals surface area contributed by atoms with E-state index in [1.165, 1.54) is 6.42 Å². The number of carbonyl (C=O) groups excluding carboxylic acids is 1. The standard InChI is InChI=1S/C11H14N2O/c1-8(14)9-4-2-7-13-11(9)10-5-3-6-12-10/h2,4,7,10,12H,3,5-6H2,1H3. The minimum absolute atomic E-state index is 0.0989. The maximum Gasteiger partial charge on any atom is 0.161 e. The number of aromatic nitrogens is 1. The predicted octanol–water partition coefficient (Wildman–Crippen LogP) is 1.71. The van der Waals surface area contributed by atoms with Crippen LogP contribution in [0.5, 0.6) is 0 Å². The lowest BCUT2D eigenvalue weighted by atomic mass is 10.0. The first kappa shape index (κ1) is 9.34. The lowest BCUT2D eigenvalue weighted by Gasteiger charge is -2.12. The smallest absolute Gasteiger partial charge is 0.161 e. The van der Waals surface area contributed by atoms with E-state index >= 15 is 0 Å². The number of hydrogen-bond donors (Lipinski definition) is 1. The van der Waals surface area contributed by atoms with Crippen molar-refractivity contribution < 1.29 is 4.79 Å². The Labute approximate surface area is 83.5 Å². The highest BCUT2D eigenvalue weighted by Gasteiger charge is 2.21. The third-order valence-electron chi connectivity index (χ3n) is 2.61. The molecule has 0 amide bonds. The molecule has 1 aromatic heterocycles. The molecule has 1 aliphatic rings. The van der Waals surface area contributed by atoms with Crippen molar-refractivity contribution >= 4 is 5.78 Å². The number of Topliss-reactive ketones (excluding diaryl/α,β-unsaturated/α-hetero) is 1. The molecule has 1 aliphatic heterocycles. The van der Waals surface area contributed by atoms with Gasteiger partial charge in [0.1, 0.15) is 0 Å². The van der Waals surface area contributed by atoms with Crippen LogP contribution in [0.3, 0.4) is 0 Å². The zero-order chi connectivity index (χ0) is 9.97. The molecule has 3 heteroatoms. The third kappa shape index (κ3) is 1.68. The average molecular weight is 190 g/mol. The van der Waals surface area contributed by atoms with E-state index in [0.29, 0.717) is 0 Å². The van der Waals surface area contributed by atoms with Crippen molar-refractivity contribution in [2.75, 3.05) is 6.54 Å². The van der Waals surface area contributed by atoms with Crippen LogP contribution in [-0.4, -0.2) is 17.3 Å². The van der Waals surface area contributed by atoms with Crippen LogP contribution in [0.25, 0.3) is 0 Å². The Hall–Kier alpha value is -1.22. The Balaban J connectivity index is 2.35. The molecule has 1 N–H and O–H groups in total. The molecule has 2 heterocycles. The molecule has 1 saturated heterocycles. The molecular formula is C11H14N2O. The fraction of sp³-hybridized carbons (Fsp3) is 0.455. The highest BCUT2D eigenvalue weighted by Crippen LogP contribution is 2.24. The van der Waals surface area contributed by atoms with E-state index < -0.39 is 0 Å². The normalized spacial score (nSPS) is 21.1. The van der Waals surface area contributed by atoms with E-state index in [9.17, 15) is 4.79 Å². The minimum atomic E-state index is 0.0989. The summed E-state index contributed by atoms with van der Waals surface area (Å²) >= 11 is 0. The van der Waals surface area contributed by atoms with Gasteiger partial charge in [-0.3, -0.25) is 9.78 Å². The average Bonchev–Trinajstić information content (AvgIpc) is 2.70. The summed E-state index contributed by atoms with van der Waals surface area (Å²) in [6.07, 6.45) is 4.00. The molecule has 1 unspecified atom stereocenters. The van der Waals surface area contributed by atoms with E-state index in [4.69, 9.17) is 0 Å². The van der Waals surface area contributed by atoms with Gasteiger partial charge >= 0.3 is 0 Å². The molecule has 0 bridgehead atoms. The van der Waals surface area contributed by atoms with Gasteiger partial charge in [0.2, 0.25) is 0 Å². The van der Waals surface area contributed by atoms with Crippen molar-refractivity contribution in [1.29, 1.82) is 0 Å². The van der Waals surface area contributed by atoms with Crippen molar-refractivity contribution in [3.8, 4) is 0 Å². The summed E-state index contributed by atoms with van der Waals surface area (Å²) in [7, 11) is 0. The Bertz CT molecular complexity index is 343. The predicted molar refractivity (Wildman–Crippen MR) is 54.2 cm³/mol. The molecule has 14 heavy (non-hydrogen) atoms. The second-order valence-corrected chi connectivity index (χ2v) is 3.64. The first-order valence-corrected chi connectivity index (χ1v) is 4.98. The summed E-state index contributed by atoms with van der Waals surface area (Å²) in [6.45, 7) is 2.62. The molecule has 0 saturated carbocycles. The Morgan fingerprint density at radius 1 is 1.64 bits per heavy atom. The van der Waals surface area contributed by atoms with E-state index in [2.05, 4.69) is 10.3 Å². The maximum absolute atomic E-state index is 11.4. The van der Waals surface area contributed by atoms with Crippen molar-refractivity contribution in [1.82, 2.24) is 10.3 Å². The Morgan fingerprint density at radius 3 is 3.14 bits per heavy atom. The molecule has 3 nitrogen and oxygen atoms in total. The van der Waals surface area contributed by atoms with Crippen molar-refractivity contribution in [2.24, 2.45) is 0 Å². The summed E-state index contributed by atoms with van der Waals surface area (Å²) in [5.74, 6) is 0.0989. The van der Waals surface area contributed by atoms with Crippen LogP contribution in [0.2, 0.25) is 0 Å². The Kier molecular flexibility index (Phi) is 2.59. The van der Waals surface area contributed by atoms with E-state index in [1.807, 2.05) is 12.1 Å². The molecule has 1 aromatic rings. The first-order valence-electron chi connectivity index (χ1n) is 4.98. The monoisotopic (exact) mass is 190 g/mol. The van der Waals surface area contributed by atoms with Gasteiger partial charge in [0.15, 0.2) is 5.78 Å². The van der Waals surface area contributed by atoms with Gasteiger partial charge in [-0.15, -0.1) is 0 Å². The van der Waals surface area contributed by atoms with E-state index in [1.54, 1.807) is 13.1 Å². The molecule has 0 aliphatic carbocycles. The SMILES string of the molecule is CC(=O)c1cccnc1C1CCCN1. The zero-order valence-corrected chi connectivity index (χ0v) is 8.29. The second-order valence-electron chi connectivity index (χ2n) is 3.64. The van der Waals surface area contributed by atoms with Gasteiger partial charge in [0.05, 0.1) is 11.7 Å². The van der Waals surface area contributed by atoms with Crippen LogP contribution in [0.1, 0.15) is 41.9 Å². The van der Waals surface area contributed by atoms with Gasteiger partial charge in [-0.1, -0.05) is 0 Å². The third-order valence-corrected chi connectivity index (χ3v) is 2.61. The molecule has 0 aromatic carbocycles. The highest BCUT2D eigenvalue weighted by atomic mass is 16.1. The first-order chi connectivity index (χ1) is 6.79. The zero-order valence-electron chi connectivity index (χ0n) is 8.29. The maximum atomic E-state index is 11.4. The fourth-order valence-electron chi connectivity index (χ4n) is 1.91. The number of rotatable bonds is 2. The van der Waals surface area contributed by atoms with E-state index in [0.717, 1.165) is 24.2 Å². The number of nitrogens with one attached hydrogen (secondary N) is 1. The quantitative estimate of drug-likeness (QED) is 0.722. The number of carbonyl (C=O) groups is 1. The van der Waals surface area contributed by atoms with Crippen molar-refractivity contribution in [3.05, 3.63) is 29.6 Å². The van der Waals surface area contributed by atoms with Crippen LogP contribution in [-0.2, 0) is 0 Å². The second kappa shape index (κ2) is 3.88. The fourth-order valence-corrected chi connectivity index (χ4v) is 1.91. The van der Waals surface area contributed by atoms with Crippen molar-refractivity contribution in [3.63, 3.8) is 0 Å². The van der Waals surface area contributed by atoms with Gasteiger partial charge in [-0.2, -0.15) is 0 Å². The summed E-state index contributed by atoms with van der Waals surface area (Å²) in [6, 6.07) is 3.94. The van der Waals surface area contributed by atoms with Gasteiger partial charge in [0.25, 0.3) is 0 Å². The number of nitrogens with zero attached hydrogens (tertiary/aromatic N) is 1. The largest absolute Gasteiger partial charge is 0.309 e. The van der Waals surface area contributed by atoms with Gasteiger partial charge in [-0.05, 0) is 38.4 Å². The molecule has 0 radical (unpaired) electrons. The highest BCUT2D eigenvalue weighted by molar-refractivity contribution is 5.95. The number of hydrogen-bond acceptors (Lipinski definition) is 3. The van der Waals surface area contributed by atoms with E-state index in [-0.39, 0.29) is 11.8 Å². The molecular weight excluding hydrogens is 176 g/mol. The molecule has 1 fully saturated rings. The van der Waals surface area contributed by atoms with Gasteiger partial charge in [0, 0.05) is 11.8 Å². The van der Waals surface area contributed by atoms with Crippen LogP contribution < -0.4 is 5.32 Å². The summed E-state index contributed by atoms with van der Waals surface area (Å²) in [5.41, 5.74) is 1.67. The number of ketones is 1. The van der Waals surface area contributed by atoms with Crippen LogP contribution >= 0.6 is 0 Å². The lowest BCUT2D eigenvalue weighted by molar-refractivity contribution is 0.101. The van der Waals surface area contributed by atoms with Crippen molar-refractivity contribution in [2.45, 2.75) is 25.8 Å². The lowest BCUT2D eigenvalue weighted by Crippen LogP contribution is -2.17. The number of pyridine rings is 1. The topological polar surface area (TPSA) is 42.0 Å². The molecule has 74 valence electrons. The summed E-state index contributed by atoms with van der Waals surface area (Å²) in [4.78, 5) is 15.7. The molecule has 2 rings (SSSR count). The summed E-state index contributed by atoms with van der Waals surface area (Å²) < 4.78 is 0. The minimum Gasteiger partial charge on any atom is -0.309 e. The van der Waals surface area contributed by atoms with Crippen LogP contribution in [0.4, 0.5) is 0 Å². The Morgan fingerprint density at radius 2 is 2.50 bits per heavy atom. The molecule has 1 atom stereocenters. The molecule has 0 spiro atoms. The summed E-state index contributed by atoms with van der Waals surface area (Å²) in [5, 5.41) is 3.35. The van der Waals surface area contributed by atoms with Crippen LogP contribution in [0.15, 0.2) is 18.3 Å². The van der Waals surface area contributed by atoms with Gasteiger partial charge in [-0.25, -0.2) is 0 Å². The van der Waals surface area contributed by atoms with Crippen LogP contribution in [0, 0.1) is 0 Å². The van der Waals surface area contributed by atoms with Gasteiger partial charge < -0.3 is 5.32 Å².